The van der Waals surface area contributed by atoms with E-state index in [0.717, 1.165) is 27.7 Å². The van der Waals surface area contributed by atoms with Crippen LogP contribution in [-0.2, 0) is 7.05 Å². The molecule has 0 bridgehead atoms. The van der Waals surface area contributed by atoms with Crippen LogP contribution in [0.15, 0.2) is 66.0 Å². The first-order chi connectivity index (χ1) is 15.0. The second-order valence-electron chi connectivity index (χ2n) is 7.10. The van der Waals surface area contributed by atoms with Gasteiger partial charge < -0.3 is 9.30 Å². The third-order valence-corrected chi connectivity index (χ3v) is 5.38. The zero-order valence-corrected chi connectivity index (χ0v) is 17.7. The average molecular weight is 432 g/mol. The summed E-state index contributed by atoms with van der Waals surface area (Å²) in [5.41, 5.74) is 4.04. The number of rotatable bonds is 4. The highest BCUT2D eigenvalue weighted by molar-refractivity contribution is 6.30. The molecule has 0 N–H and O–H groups in total. The van der Waals surface area contributed by atoms with Crippen molar-refractivity contribution in [1.82, 2.24) is 24.1 Å². The summed E-state index contributed by atoms with van der Waals surface area (Å²) in [6, 6.07) is 13.1. The SMILES string of the molecule is CCOc1ncc2cn(-c3ccc4ncn(C)c4c3)c(=O)c(-c3ccc(Cl)cc3)c2n1. The number of pyridine rings is 1. The average Bonchev–Trinajstić information content (AvgIpc) is 3.15. The standard InChI is InChI=1S/C23H18ClN5O2/c1-3-31-23-25-11-15-12-29(17-8-9-18-19(10-17)28(2)13-26-18)22(30)20(21(15)27-23)14-4-6-16(24)7-5-14/h4-13H,3H2,1-2H3. The first kappa shape index (κ1) is 19.3. The molecule has 0 saturated heterocycles. The van der Waals surface area contributed by atoms with Crippen LogP contribution in [0.4, 0.5) is 0 Å². The van der Waals surface area contributed by atoms with Crippen LogP contribution in [0, 0.1) is 0 Å². The molecule has 0 aliphatic heterocycles. The van der Waals surface area contributed by atoms with Crippen molar-refractivity contribution in [3.63, 3.8) is 0 Å². The van der Waals surface area contributed by atoms with Crippen molar-refractivity contribution >= 4 is 33.5 Å². The van der Waals surface area contributed by atoms with E-state index in [9.17, 15) is 4.79 Å². The van der Waals surface area contributed by atoms with E-state index >= 15 is 0 Å². The van der Waals surface area contributed by atoms with E-state index < -0.39 is 0 Å². The van der Waals surface area contributed by atoms with Crippen LogP contribution in [0.5, 0.6) is 6.01 Å². The van der Waals surface area contributed by atoms with Crippen LogP contribution in [-0.4, -0.2) is 30.7 Å². The van der Waals surface area contributed by atoms with Crippen molar-refractivity contribution in [2.24, 2.45) is 7.05 Å². The van der Waals surface area contributed by atoms with Gasteiger partial charge in [0.2, 0.25) is 0 Å². The lowest BCUT2D eigenvalue weighted by atomic mass is 10.0. The topological polar surface area (TPSA) is 74.8 Å². The van der Waals surface area contributed by atoms with Crippen molar-refractivity contribution in [3.8, 4) is 22.8 Å². The Kier molecular flexibility index (Phi) is 4.67. The second-order valence-corrected chi connectivity index (χ2v) is 7.54. The molecule has 31 heavy (non-hydrogen) atoms. The molecule has 0 unspecified atom stereocenters. The molecule has 0 amide bonds. The van der Waals surface area contributed by atoms with E-state index in [0.29, 0.717) is 22.7 Å². The Morgan fingerprint density at radius 2 is 1.90 bits per heavy atom. The number of aryl methyl sites for hydroxylation is 1. The minimum Gasteiger partial charge on any atom is -0.464 e. The van der Waals surface area contributed by atoms with Gasteiger partial charge >= 0.3 is 6.01 Å². The lowest BCUT2D eigenvalue weighted by Gasteiger charge is -2.13. The number of hydrogen-bond donors (Lipinski definition) is 0. The van der Waals surface area contributed by atoms with E-state index in [1.807, 2.05) is 48.9 Å². The number of ether oxygens (including phenoxy) is 1. The van der Waals surface area contributed by atoms with Gasteiger partial charge in [0.05, 0.1) is 40.7 Å². The molecule has 0 atom stereocenters. The van der Waals surface area contributed by atoms with Gasteiger partial charge in [0.1, 0.15) is 0 Å². The Hall–Kier alpha value is -3.71. The van der Waals surface area contributed by atoms with Crippen molar-refractivity contribution in [2.45, 2.75) is 6.92 Å². The summed E-state index contributed by atoms with van der Waals surface area (Å²) in [6.07, 6.45) is 5.18. The number of aromatic nitrogens is 5. The molecule has 2 aromatic carbocycles. The van der Waals surface area contributed by atoms with Crippen molar-refractivity contribution in [2.75, 3.05) is 6.61 Å². The van der Waals surface area contributed by atoms with E-state index in [-0.39, 0.29) is 11.6 Å². The van der Waals surface area contributed by atoms with Gasteiger partial charge in [-0.25, -0.2) is 9.97 Å². The monoisotopic (exact) mass is 431 g/mol. The summed E-state index contributed by atoms with van der Waals surface area (Å²) in [5, 5.41) is 1.31. The molecule has 0 fully saturated rings. The van der Waals surface area contributed by atoms with E-state index in [4.69, 9.17) is 16.3 Å². The van der Waals surface area contributed by atoms with Crippen molar-refractivity contribution in [1.29, 1.82) is 0 Å². The van der Waals surface area contributed by atoms with Gasteiger partial charge in [0, 0.05) is 29.9 Å². The van der Waals surface area contributed by atoms with Crippen LogP contribution in [0.3, 0.4) is 0 Å². The molecule has 0 saturated carbocycles. The molecule has 8 heteroatoms. The fraction of sp³-hybridized carbons (Fsp3) is 0.130. The molecule has 0 spiro atoms. The highest BCUT2D eigenvalue weighted by Gasteiger charge is 2.17. The lowest BCUT2D eigenvalue weighted by molar-refractivity contribution is 0.314. The van der Waals surface area contributed by atoms with Crippen LogP contribution in [0.2, 0.25) is 5.02 Å². The number of nitrogens with zero attached hydrogens (tertiary/aromatic N) is 5. The lowest BCUT2D eigenvalue weighted by Crippen LogP contribution is -2.20. The van der Waals surface area contributed by atoms with Gasteiger partial charge in [-0.2, -0.15) is 4.98 Å². The molecule has 0 radical (unpaired) electrons. The van der Waals surface area contributed by atoms with E-state index in [1.165, 1.54) is 0 Å². The third kappa shape index (κ3) is 3.33. The predicted molar refractivity (Wildman–Crippen MR) is 121 cm³/mol. The van der Waals surface area contributed by atoms with Crippen LogP contribution < -0.4 is 10.3 Å². The number of hydrogen-bond acceptors (Lipinski definition) is 5. The van der Waals surface area contributed by atoms with Gasteiger partial charge in [-0.15, -0.1) is 0 Å². The summed E-state index contributed by atoms with van der Waals surface area (Å²) in [4.78, 5) is 26.9. The first-order valence-corrected chi connectivity index (χ1v) is 10.2. The normalized spacial score (nSPS) is 11.3. The van der Waals surface area contributed by atoms with E-state index in [1.54, 1.807) is 35.4 Å². The zero-order chi connectivity index (χ0) is 21.5. The molecule has 3 heterocycles. The number of imidazole rings is 1. The van der Waals surface area contributed by atoms with Crippen LogP contribution in [0.25, 0.3) is 38.8 Å². The molecule has 0 aliphatic carbocycles. The zero-order valence-electron chi connectivity index (χ0n) is 16.9. The molecular weight excluding hydrogens is 414 g/mol. The Bertz CT molecular complexity index is 1490. The summed E-state index contributed by atoms with van der Waals surface area (Å²) in [6.45, 7) is 2.30. The highest BCUT2D eigenvalue weighted by Crippen LogP contribution is 2.27. The molecule has 5 aromatic rings. The van der Waals surface area contributed by atoms with Gasteiger partial charge in [0.25, 0.3) is 5.56 Å². The van der Waals surface area contributed by atoms with Gasteiger partial charge in [-0.3, -0.25) is 9.36 Å². The molecular formula is C23H18ClN5O2. The summed E-state index contributed by atoms with van der Waals surface area (Å²) in [5.74, 6) is 0. The molecule has 0 aliphatic rings. The minimum absolute atomic E-state index is 0.197. The Balaban J connectivity index is 1.82. The maximum Gasteiger partial charge on any atom is 0.316 e. The number of benzene rings is 2. The maximum atomic E-state index is 13.7. The Labute approximate surface area is 182 Å². The fourth-order valence-electron chi connectivity index (χ4n) is 3.62. The second kappa shape index (κ2) is 7.52. The van der Waals surface area contributed by atoms with Gasteiger partial charge in [0.15, 0.2) is 0 Å². The highest BCUT2D eigenvalue weighted by atomic mass is 35.5. The van der Waals surface area contributed by atoms with Crippen LogP contribution in [0.1, 0.15) is 6.92 Å². The predicted octanol–water partition coefficient (Wildman–Crippen LogP) is 4.39. The molecule has 7 nitrogen and oxygen atoms in total. The van der Waals surface area contributed by atoms with Crippen LogP contribution >= 0.6 is 11.6 Å². The first-order valence-electron chi connectivity index (χ1n) is 9.78. The third-order valence-electron chi connectivity index (χ3n) is 5.13. The fourth-order valence-corrected chi connectivity index (χ4v) is 3.75. The van der Waals surface area contributed by atoms with Gasteiger partial charge in [-0.1, -0.05) is 23.7 Å². The maximum absolute atomic E-state index is 13.7. The van der Waals surface area contributed by atoms with Crippen molar-refractivity contribution in [3.05, 3.63) is 76.6 Å². The number of fused-ring (bicyclic) bond motifs is 2. The minimum atomic E-state index is -0.197. The largest absolute Gasteiger partial charge is 0.464 e. The summed E-state index contributed by atoms with van der Waals surface area (Å²) >= 11 is 6.07. The Morgan fingerprint density at radius 3 is 2.68 bits per heavy atom. The summed E-state index contributed by atoms with van der Waals surface area (Å²) in [7, 11) is 1.92. The Morgan fingerprint density at radius 1 is 1.10 bits per heavy atom. The smallest absolute Gasteiger partial charge is 0.316 e. The van der Waals surface area contributed by atoms with Gasteiger partial charge in [-0.05, 0) is 42.8 Å². The molecule has 5 rings (SSSR count). The van der Waals surface area contributed by atoms with Crippen molar-refractivity contribution < 1.29 is 4.74 Å². The van der Waals surface area contributed by atoms with E-state index in [2.05, 4.69) is 15.0 Å². The number of halogens is 1. The quantitative estimate of drug-likeness (QED) is 0.422. The summed E-state index contributed by atoms with van der Waals surface area (Å²) < 4.78 is 9.00. The molecule has 3 aromatic heterocycles. The molecule has 154 valence electrons.